The van der Waals surface area contributed by atoms with Gasteiger partial charge >= 0.3 is 0 Å². The summed E-state index contributed by atoms with van der Waals surface area (Å²) in [5.41, 5.74) is 0.756. The van der Waals surface area contributed by atoms with E-state index in [1.54, 1.807) is 12.3 Å². The number of rotatable bonds is 3. The standard InChI is InChI=1S/C11H16N2O/c14-11(7-9-3-1-2-4-9)10-5-6-12-8-13-10/h5-6,8-9,11,14H,1-4,7H2. The highest BCUT2D eigenvalue weighted by Gasteiger charge is 2.20. The Morgan fingerprint density at radius 3 is 2.86 bits per heavy atom. The molecule has 14 heavy (non-hydrogen) atoms. The maximum absolute atomic E-state index is 9.89. The highest BCUT2D eigenvalue weighted by molar-refractivity contribution is 5.02. The smallest absolute Gasteiger partial charge is 0.115 e. The third-order valence-electron chi connectivity index (χ3n) is 2.98. The first kappa shape index (κ1) is 9.59. The van der Waals surface area contributed by atoms with Crippen molar-refractivity contribution in [3.63, 3.8) is 0 Å². The molecule has 0 spiro atoms. The summed E-state index contributed by atoms with van der Waals surface area (Å²) in [4.78, 5) is 7.90. The highest BCUT2D eigenvalue weighted by atomic mass is 16.3. The highest BCUT2D eigenvalue weighted by Crippen LogP contribution is 2.32. The lowest BCUT2D eigenvalue weighted by molar-refractivity contribution is 0.140. The van der Waals surface area contributed by atoms with E-state index in [1.807, 2.05) is 0 Å². The third kappa shape index (κ3) is 2.29. The molecular weight excluding hydrogens is 176 g/mol. The Morgan fingerprint density at radius 2 is 2.21 bits per heavy atom. The van der Waals surface area contributed by atoms with Gasteiger partial charge in [0.2, 0.25) is 0 Å². The van der Waals surface area contributed by atoms with Gasteiger partial charge in [-0.05, 0) is 18.4 Å². The second-order valence-electron chi connectivity index (χ2n) is 4.04. The molecule has 1 aromatic heterocycles. The maximum atomic E-state index is 9.89. The fourth-order valence-electron chi connectivity index (χ4n) is 2.18. The number of aliphatic hydroxyl groups is 1. The van der Waals surface area contributed by atoms with Crippen molar-refractivity contribution in [3.8, 4) is 0 Å². The molecule has 0 radical (unpaired) electrons. The monoisotopic (exact) mass is 192 g/mol. The van der Waals surface area contributed by atoms with Gasteiger partial charge in [0, 0.05) is 6.20 Å². The zero-order valence-electron chi connectivity index (χ0n) is 8.26. The molecule has 1 atom stereocenters. The van der Waals surface area contributed by atoms with Crippen LogP contribution in [0.4, 0.5) is 0 Å². The fourth-order valence-corrected chi connectivity index (χ4v) is 2.18. The molecule has 1 unspecified atom stereocenters. The molecule has 1 saturated carbocycles. The quantitative estimate of drug-likeness (QED) is 0.797. The minimum absolute atomic E-state index is 0.402. The predicted octanol–water partition coefficient (Wildman–Crippen LogP) is 2.09. The molecule has 1 fully saturated rings. The third-order valence-corrected chi connectivity index (χ3v) is 2.98. The van der Waals surface area contributed by atoms with Crippen molar-refractivity contribution in [1.82, 2.24) is 9.97 Å². The van der Waals surface area contributed by atoms with Gasteiger partial charge in [0.15, 0.2) is 0 Å². The van der Waals surface area contributed by atoms with Crippen molar-refractivity contribution >= 4 is 0 Å². The van der Waals surface area contributed by atoms with E-state index in [0.717, 1.165) is 12.1 Å². The summed E-state index contributed by atoms with van der Waals surface area (Å²) in [6, 6.07) is 1.79. The number of aromatic nitrogens is 2. The number of hydrogen-bond donors (Lipinski definition) is 1. The van der Waals surface area contributed by atoms with Crippen LogP contribution in [0.1, 0.15) is 43.9 Å². The van der Waals surface area contributed by atoms with E-state index in [1.165, 1.54) is 32.0 Å². The van der Waals surface area contributed by atoms with Gasteiger partial charge in [-0.1, -0.05) is 25.7 Å². The normalized spacial score (nSPS) is 19.8. The lowest BCUT2D eigenvalue weighted by Crippen LogP contribution is -2.06. The Hall–Kier alpha value is -0.960. The Kier molecular flexibility index (Phi) is 3.09. The van der Waals surface area contributed by atoms with E-state index in [0.29, 0.717) is 5.92 Å². The lowest BCUT2D eigenvalue weighted by Gasteiger charge is -2.14. The second-order valence-corrected chi connectivity index (χ2v) is 4.04. The molecule has 1 heterocycles. The minimum Gasteiger partial charge on any atom is -0.387 e. The first-order valence-electron chi connectivity index (χ1n) is 5.30. The predicted molar refractivity (Wildman–Crippen MR) is 53.6 cm³/mol. The Labute approximate surface area is 84.2 Å². The van der Waals surface area contributed by atoms with Crippen LogP contribution in [-0.4, -0.2) is 15.1 Å². The number of nitrogens with zero attached hydrogens (tertiary/aromatic N) is 2. The summed E-state index contributed by atoms with van der Waals surface area (Å²) in [6.45, 7) is 0. The molecule has 0 saturated heterocycles. The van der Waals surface area contributed by atoms with Gasteiger partial charge < -0.3 is 5.11 Å². The van der Waals surface area contributed by atoms with E-state index in [4.69, 9.17) is 0 Å². The second kappa shape index (κ2) is 4.51. The number of aliphatic hydroxyl groups excluding tert-OH is 1. The van der Waals surface area contributed by atoms with Crippen LogP contribution in [0.3, 0.4) is 0 Å². The first-order valence-corrected chi connectivity index (χ1v) is 5.30. The summed E-state index contributed by atoms with van der Waals surface area (Å²) < 4.78 is 0. The summed E-state index contributed by atoms with van der Waals surface area (Å²) in [7, 11) is 0. The summed E-state index contributed by atoms with van der Waals surface area (Å²) >= 11 is 0. The molecular formula is C11H16N2O. The zero-order valence-corrected chi connectivity index (χ0v) is 8.26. The molecule has 1 aliphatic rings. The van der Waals surface area contributed by atoms with Crippen molar-refractivity contribution in [2.24, 2.45) is 5.92 Å². The lowest BCUT2D eigenvalue weighted by atomic mass is 9.98. The van der Waals surface area contributed by atoms with Crippen molar-refractivity contribution in [2.45, 2.75) is 38.2 Å². The van der Waals surface area contributed by atoms with Gasteiger partial charge in [-0.25, -0.2) is 9.97 Å². The topological polar surface area (TPSA) is 46.0 Å². The minimum atomic E-state index is -0.402. The van der Waals surface area contributed by atoms with Crippen LogP contribution >= 0.6 is 0 Å². The Morgan fingerprint density at radius 1 is 1.43 bits per heavy atom. The van der Waals surface area contributed by atoms with Crippen LogP contribution < -0.4 is 0 Å². The van der Waals surface area contributed by atoms with E-state index in [-0.39, 0.29) is 0 Å². The Bertz CT molecular complexity index is 270. The van der Waals surface area contributed by atoms with Crippen LogP contribution in [0.5, 0.6) is 0 Å². The summed E-state index contributed by atoms with van der Waals surface area (Å²) in [5.74, 6) is 0.694. The van der Waals surface area contributed by atoms with Crippen LogP contribution in [0.15, 0.2) is 18.6 Å². The first-order chi connectivity index (χ1) is 6.86. The molecule has 0 amide bonds. The summed E-state index contributed by atoms with van der Waals surface area (Å²) in [6.07, 6.45) is 8.80. The van der Waals surface area contributed by atoms with Crippen molar-refractivity contribution in [3.05, 3.63) is 24.3 Å². The fraction of sp³-hybridized carbons (Fsp3) is 0.636. The average molecular weight is 192 g/mol. The van der Waals surface area contributed by atoms with E-state index >= 15 is 0 Å². The van der Waals surface area contributed by atoms with Crippen LogP contribution in [-0.2, 0) is 0 Å². The van der Waals surface area contributed by atoms with E-state index < -0.39 is 6.10 Å². The zero-order chi connectivity index (χ0) is 9.80. The Balaban J connectivity index is 1.92. The maximum Gasteiger partial charge on any atom is 0.115 e. The average Bonchev–Trinajstić information content (AvgIpc) is 2.72. The molecule has 0 bridgehead atoms. The molecule has 0 aliphatic heterocycles. The molecule has 76 valence electrons. The molecule has 1 aliphatic carbocycles. The van der Waals surface area contributed by atoms with Gasteiger partial charge in [-0.15, -0.1) is 0 Å². The number of hydrogen-bond acceptors (Lipinski definition) is 3. The van der Waals surface area contributed by atoms with Gasteiger partial charge in [-0.2, -0.15) is 0 Å². The van der Waals surface area contributed by atoms with Crippen LogP contribution in [0.25, 0.3) is 0 Å². The molecule has 3 nitrogen and oxygen atoms in total. The molecule has 1 aromatic rings. The van der Waals surface area contributed by atoms with Gasteiger partial charge in [0.25, 0.3) is 0 Å². The molecule has 3 heteroatoms. The van der Waals surface area contributed by atoms with E-state index in [9.17, 15) is 5.11 Å². The molecule has 2 rings (SSSR count). The van der Waals surface area contributed by atoms with Crippen molar-refractivity contribution < 1.29 is 5.11 Å². The largest absolute Gasteiger partial charge is 0.387 e. The van der Waals surface area contributed by atoms with Crippen molar-refractivity contribution in [1.29, 1.82) is 0 Å². The van der Waals surface area contributed by atoms with E-state index in [2.05, 4.69) is 9.97 Å². The van der Waals surface area contributed by atoms with Crippen LogP contribution in [0.2, 0.25) is 0 Å². The summed E-state index contributed by atoms with van der Waals surface area (Å²) in [5, 5.41) is 9.89. The van der Waals surface area contributed by atoms with Crippen molar-refractivity contribution in [2.75, 3.05) is 0 Å². The van der Waals surface area contributed by atoms with Gasteiger partial charge in [0.05, 0.1) is 11.8 Å². The molecule has 1 N–H and O–H groups in total. The molecule has 0 aromatic carbocycles. The van der Waals surface area contributed by atoms with Gasteiger partial charge in [0.1, 0.15) is 6.33 Å². The van der Waals surface area contributed by atoms with Gasteiger partial charge in [-0.3, -0.25) is 0 Å². The SMILES string of the molecule is OC(CC1CCCC1)c1ccncn1. The van der Waals surface area contributed by atoms with Crippen LogP contribution in [0, 0.1) is 5.92 Å².